The largest absolute Gasteiger partial charge is 0.394 e. The maximum absolute atomic E-state index is 4.79. The highest BCUT2D eigenvalue weighted by Crippen LogP contribution is 2.14. The Morgan fingerprint density at radius 2 is 2.55 bits per heavy atom. The molecule has 0 spiro atoms. The third kappa shape index (κ3) is 1.22. The molecule has 0 amide bonds. The fourth-order valence-electron chi connectivity index (χ4n) is 0.984. The van der Waals surface area contributed by atoms with E-state index in [2.05, 4.69) is 16.4 Å². The van der Waals surface area contributed by atoms with E-state index < -0.39 is 0 Å². The third-order valence-electron chi connectivity index (χ3n) is 1.56. The Morgan fingerprint density at radius 3 is 3.18 bits per heavy atom. The Bertz CT molecular complexity index is 258. The molecule has 1 unspecified atom stereocenters. The zero-order valence-corrected chi connectivity index (χ0v) is 5.90. The normalized spacial score (nSPS) is 21.6. The van der Waals surface area contributed by atoms with Crippen molar-refractivity contribution < 1.29 is 4.84 Å². The SMILES string of the molecule is [C]1=NOCC1c1ccccn1. The minimum atomic E-state index is 0.121. The first-order chi connectivity index (χ1) is 5.47. The van der Waals surface area contributed by atoms with Crippen molar-refractivity contribution in [3.05, 3.63) is 30.1 Å². The van der Waals surface area contributed by atoms with Gasteiger partial charge in [0, 0.05) is 6.20 Å². The highest BCUT2D eigenvalue weighted by molar-refractivity contribution is 5.67. The Morgan fingerprint density at radius 1 is 1.55 bits per heavy atom. The van der Waals surface area contributed by atoms with Crippen LogP contribution in [0.15, 0.2) is 29.6 Å². The molecule has 1 aromatic heterocycles. The van der Waals surface area contributed by atoms with Gasteiger partial charge in [-0.15, -0.1) is 0 Å². The lowest BCUT2D eigenvalue weighted by molar-refractivity contribution is 0.166. The molecular formula is C8H7N2O. The molecule has 2 rings (SSSR count). The summed E-state index contributed by atoms with van der Waals surface area (Å²) in [6.45, 7) is 0.566. The second-order valence-electron chi connectivity index (χ2n) is 2.32. The van der Waals surface area contributed by atoms with E-state index in [9.17, 15) is 0 Å². The molecule has 11 heavy (non-hydrogen) atoms. The summed E-state index contributed by atoms with van der Waals surface area (Å²) in [5.74, 6) is 0.121. The second-order valence-corrected chi connectivity index (χ2v) is 2.32. The van der Waals surface area contributed by atoms with Crippen LogP contribution in [0.3, 0.4) is 0 Å². The molecule has 3 nitrogen and oxygen atoms in total. The lowest BCUT2D eigenvalue weighted by Gasteiger charge is -2.00. The van der Waals surface area contributed by atoms with Gasteiger partial charge in [0.15, 0.2) is 0 Å². The van der Waals surface area contributed by atoms with Crippen LogP contribution in [0.2, 0.25) is 0 Å². The monoisotopic (exact) mass is 147 g/mol. The summed E-state index contributed by atoms with van der Waals surface area (Å²) in [7, 11) is 0. The molecular weight excluding hydrogens is 140 g/mol. The van der Waals surface area contributed by atoms with Gasteiger partial charge in [-0.25, -0.2) is 0 Å². The summed E-state index contributed by atoms with van der Waals surface area (Å²) in [4.78, 5) is 8.94. The summed E-state index contributed by atoms with van der Waals surface area (Å²) in [5.41, 5.74) is 0.966. The van der Waals surface area contributed by atoms with Crippen LogP contribution in [-0.4, -0.2) is 17.8 Å². The fraction of sp³-hybridized carbons (Fsp3) is 0.250. The molecule has 0 N–H and O–H groups in total. The summed E-state index contributed by atoms with van der Waals surface area (Å²) < 4.78 is 0. The van der Waals surface area contributed by atoms with Gasteiger partial charge in [0.2, 0.25) is 0 Å². The van der Waals surface area contributed by atoms with Crippen LogP contribution in [0.5, 0.6) is 0 Å². The number of hydrogen-bond donors (Lipinski definition) is 0. The highest BCUT2D eigenvalue weighted by atomic mass is 16.6. The third-order valence-corrected chi connectivity index (χ3v) is 1.56. The van der Waals surface area contributed by atoms with Gasteiger partial charge in [0.25, 0.3) is 0 Å². The van der Waals surface area contributed by atoms with E-state index >= 15 is 0 Å². The Labute approximate surface area is 64.7 Å². The minimum Gasteiger partial charge on any atom is -0.394 e. The summed E-state index contributed by atoms with van der Waals surface area (Å²) in [6, 6.07) is 5.78. The van der Waals surface area contributed by atoms with Gasteiger partial charge in [0.1, 0.15) is 12.8 Å². The van der Waals surface area contributed by atoms with Gasteiger partial charge in [-0.05, 0) is 12.1 Å². The van der Waals surface area contributed by atoms with Gasteiger partial charge in [0.05, 0.1) is 11.6 Å². The lowest BCUT2D eigenvalue weighted by atomic mass is 10.1. The second kappa shape index (κ2) is 2.70. The highest BCUT2D eigenvalue weighted by Gasteiger charge is 2.15. The average molecular weight is 147 g/mol. The van der Waals surface area contributed by atoms with E-state index in [0.29, 0.717) is 6.61 Å². The first kappa shape index (κ1) is 6.34. The summed E-state index contributed by atoms with van der Waals surface area (Å²) >= 11 is 0. The minimum absolute atomic E-state index is 0.121. The van der Waals surface area contributed by atoms with Crippen LogP contribution < -0.4 is 0 Å². The van der Waals surface area contributed by atoms with Crippen LogP contribution >= 0.6 is 0 Å². The predicted octanol–water partition coefficient (Wildman–Crippen LogP) is 1.06. The maximum Gasteiger partial charge on any atom is 0.131 e. The van der Waals surface area contributed by atoms with Gasteiger partial charge in [-0.3, -0.25) is 4.98 Å². The Kier molecular flexibility index (Phi) is 1.55. The van der Waals surface area contributed by atoms with Crippen molar-refractivity contribution >= 4 is 6.21 Å². The van der Waals surface area contributed by atoms with E-state index in [1.165, 1.54) is 0 Å². The van der Waals surface area contributed by atoms with E-state index in [-0.39, 0.29) is 5.92 Å². The molecule has 0 fully saturated rings. The fourth-order valence-corrected chi connectivity index (χ4v) is 0.984. The quantitative estimate of drug-likeness (QED) is 0.595. The zero-order chi connectivity index (χ0) is 7.52. The van der Waals surface area contributed by atoms with Crippen molar-refractivity contribution in [3.8, 4) is 0 Å². The van der Waals surface area contributed by atoms with Crippen molar-refractivity contribution in [3.63, 3.8) is 0 Å². The first-order valence-corrected chi connectivity index (χ1v) is 3.45. The molecule has 1 aliphatic heterocycles. The molecule has 0 bridgehead atoms. The van der Waals surface area contributed by atoms with E-state index in [0.717, 1.165) is 5.69 Å². The van der Waals surface area contributed by atoms with Crippen molar-refractivity contribution in [2.24, 2.45) is 5.16 Å². The maximum atomic E-state index is 4.79. The molecule has 0 aromatic carbocycles. The van der Waals surface area contributed by atoms with E-state index in [4.69, 9.17) is 4.84 Å². The molecule has 1 aromatic rings. The van der Waals surface area contributed by atoms with Gasteiger partial charge in [-0.2, -0.15) is 0 Å². The van der Waals surface area contributed by atoms with Crippen LogP contribution in [0.4, 0.5) is 0 Å². The van der Waals surface area contributed by atoms with Crippen molar-refractivity contribution in [2.45, 2.75) is 5.92 Å². The summed E-state index contributed by atoms with van der Waals surface area (Å²) in [5, 5.41) is 3.55. The molecule has 1 atom stereocenters. The molecule has 1 aliphatic rings. The summed E-state index contributed by atoms with van der Waals surface area (Å²) in [6.07, 6.45) is 4.57. The van der Waals surface area contributed by atoms with Crippen molar-refractivity contribution in [1.29, 1.82) is 0 Å². The molecule has 3 heteroatoms. The van der Waals surface area contributed by atoms with Gasteiger partial charge < -0.3 is 4.84 Å². The first-order valence-electron chi connectivity index (χ1n) is 3.45. The van der Waals surface area contributed by atoms with Crippen LogP contribution in [-0.2, 0) is 4.84 Å². The van der Waals surface area contributed by atoms with Crippen LogP contribution in [0, 0.1) is 0 Å². The number of rotatable bonds is 1. The molecule has 0 saturated carbocycles. The molecule has 0 saturated heterocycles. The van der Waals surface area contributed by atoms with Crippen LogP contribution in [0.25, 0.3) is 0 Å². The Hall–Kier alpha value is -1.38. The zero-order valence-electron chi connectivity index (χ0n) is 5.90. The van der Waals surface area contributed by atoms with Crippen molar-refractivity contribution in [1.82, 2.24) is 4.98 Å². The Balaban J connectivity index is 2.23. The molecule has 0 aliphatic carbocycles. The topological polar surface area (TPSA) is 34.5 Å². The van der Waals surface area contributed by atoms with E-state index in [1.54, 1.807) is 6.20 Å². The smallest absolute Gasteiger partial charge is 0.131 e. The van der Waals surface area contributed by atoms with Crippen molar-refractivity contribution in [2.75, 3.05) is 6.61 Å². The predicted molar refractivity (Wildman–Crippen MR) is 40.4 cm³/mol. The number of pyridine rings is 1. The average Bonchev–Trinajstić information content (AvgIpc) is 2.58. The van der Waals surface area contributed by atoms with Gasteiger partial charge in [-0.1, -0.05) is 11.2 Å². The van der Waals surface area contributed by atoms with Crippen LogP contribution in [0.1, 0.15) is 11.6 Å². The molecule has 55 valence electrons. The lowest BCUT2D eigenvalue weighted by Crippen LogP contribution is -2.02. The standard InChI is InChI=1S/C8H7N2O/c1-2-4-9-8(3-1)7-5-10-11-6-7/h1-4,7H,6H2. The number of aromatic nitrogens is 1. The number of hydrogen-bond acceptors (Lipinski definition) is 3. The molecule has 2 heterocycles. The number of nitrogens with zero attached hydrogens (tertiary/aromatic N) is 2. The van der Waals surface area contributed by atoms with Gasteiger partial charge >= 0.3 is 0 Å². The van der Waals surface area contributed by atoms with E-state index in [1.807, 2.05) is 18.2 Å². The molecule has 1 radical (unpaired) electrons.